The lowest BCUT2D eigenvalue weighted by molar-refractivity contribution is -0.138. The van der Waals surface area contributed by atoms with Crippen LogP contribution in [0.4, 0.5) is 10.5 Å². The molecule has 0 spiro atoms. The van der Waals surface area contributed by atoms with Gasteiger partial charge < -0.3 is 24.3 Å². The Morgan fingerprint density at radius 1 is 1.18 bits per heavy atom. The van der Waals surface area contributed by atoms with E-state index in [2.05, 4.69) is 5.32 Å². The lowest BCUT2D eigenvalue weighted by Crippen LogP contribution is -2.46. The minimum atomic E-state index is -0.121. The number of anilines is 1. The Bertz CT molecular complexity index is 740. The van der Waals surface area contributed by atoms with E-state index in [1.165, 1.54) is 0 Å². The Hall–Kier alpha value is -2.80. The van der Waals surface area contributed by atoms with Crippen LogP contribution in [0.15, 0.2) is 53.1 Å². The molecule has 0 unspecified atom stereocenters. The highest BCUT2D eigenvalue weighted by atomic mass is 16.5. The predicted octanol–water partition coefficient (Wildman–Crippen LogP) is 3.20. The van der Waals surface area contributed by atoms with E-state index in [-0.39, 0.29) is 17.9 Å². The lowest BCUT2D eigenvalue weighted by atomic mass is 9.95. The fourth-order valence-electron chi connectivity index (χ4n) is 3.37. The van der Waals surface area contributed by atoms with Gasteiger partial charge in [-0.1, -0.05) is 18.2 Å². The van der Waals surface area contributed by atoms with Crippen LogP contribution >= 0.6 is 0 Å². The molecule has 2 heterocycles. The van der Waals surface area contributed by atoms with E-state index in [4.69, 9.17) is 9.15 Å². The van der Waals surface area contributed by atoms with Gasteiger partial charge in [0.25, 0.3) is 0 Å². The van der Waals surface area contributed by atoms with Crippen molar-refractivity contribution < 1.29 is 18.7 Å². The average Bonchev–Trinajstić information content (AvgIpc) is 3.24. The van der Waals surface area contributed by atoms with Gasteiger partial charge in [-0.25, -0.2) is 4.79 Å². The summed E-state index contributed by atoms with van der Waals surface area (Å²) in [5.74, 6) is 0.758. The van der Waals surface area contributed by atoms with Gasteiger partial charge in [-0.2, -0.15) is 0 Å². The zero-order valence-corrected chi connectivity index (χ0v) is 16.2. The fourth-order valence-corrected chi connectivity index (χ4v) is 3.37. The van der Waals surface area contributed by atoms with Gasteiger partial charge in [0.15, 0.2) is 0 Å². The molecular weight excluding hydrogens is 358 g/mol. The van der Waals surface area contributed by atoms with Crippen LogP contribution in [0, 0.1) is 5.92 Å². The van der Waals surface area contributed by atoms with Crippen LogP contribution in [0.25, 0.3) is 0 Å². The van der Waals surface area contributed by atoms with Crippen molar-refractivity contribution in [3.8, 4) is 0 Å². The summed E-state index contributed by atoms with van der Waals surface area (Å²) in [5, 5.41) is 2.90. The number of hydrogen-bond donors (Lipinski definition) is 1. The van der Waals surface area contributed by atoms with Crippen LogP contribution in [0.5, 0.6) is 0 Å². The molecule has 7 nitrogen and oxygen atoms in total. The highest BCUT2D eigenvalue weighted by Gasteiger charge is 2.30. The van der Waals surface area contributed by atoms with Crippen LogP contribution in [-0.2, 0) is 16.1 Å². The minimum absolute atomic E-state index is 0.0902. The number of furan rings is 1. The van der Waals surface area contributed by atoms with Gasteiger partial charge >= 0.3 is 6.03 Å². The predicted molar refractivity (Wildman–Crippen MR) is 106 cm³/mol. The first-order valence-corrected chi connectivity index (χ1v) is 9.58. The summed E-state index contributed by atoms with van der Waals surface area (Å²) in [6.07, 6.45) is 2.92. The number of likely N-dealkylation sites (tertiary alicyclic amines) is 1. The molecule has 1 aromatic heterocycles. The first kappa shape index (κ1) is 19.9. The Morgan fingerprint density at radius 2 is 1.93 bits per heavy atom. The number of amides is 3. The van der Waals surface area contributed by atoms with E-state index in [0.717, 1.165) is 11.4 Å². The van der Waals surface area contributed by atoms with Gasteiger partial charge in [-0.15, -0.1) is 0 Å². The molecule has 1 aliphatic rings. The number of rotatable bonds is 7. The molecule has 150 valence electrons. The number of ether oxygens (including phenoxy) is 1. The molecule has 0 radical (unpaired) electrons. The first-order valence-electron chi connectivity index (χ1n) is 9.58. The van der Waals surface area contributed by atoms with Gasteiger partial charge in [0, 0.05) is 38.3 Å². The van der Waals surface area contributed by atoms with Crippen LogP contribution in [0.2, 0.25) is 0 Å². The number of methoxy groups -OCH3 is 1. The maximum absolute atomic E-state index is 13.0. The topological polar surface area (TPSA) is 75.0 Å². The number of hydrogen-bond acceptors (Lipinski definition) is 4. The summed E-state index contributed by atoms with van der Waals surface area (Å²) in [4.78, 5) is 29.0. The van der Waals surface area contributed by atoms with Gasteiger partial charge in [-0.3, -0.25) is 4.79 Å². The molecule has 3 rings (SSSR count). The Kier molecular flexibility index (Phi) is 7.08. The van der Waals surface area contributed by atoms with Gasteiger partial charge in [0.2, 0.25) is 5.91 Å². The number of para-hydroxylation sites is 1. The molecule has 1 aliphatic heterocycles. The molecule has 0 bridgehead atoms. The zero-order chi connectivity index (χ0) is 19.8. The third-order valence-electron chi connectivity index (χ3n) is 4.96. The molecule has 1 N–H and O–H groups in total. The van der Waals surface area contributed by atoms with E-state index >= 15 is 0 Å². The molecule has 0 aliphatic carbocycles. The zero-order valence-electron chi connectivity index (χ0n) is 16.2. The fraction of sp³-hybridized carbons (Fsp3) is 0.429. The van der Waals surface area contributed by atoms with Crippen molar-refractivity contribution in [1.82, 2.24) is 9.80 Å². The van der Waals surface area contributed by atoms with Gasteiger partial charge in [-0.05, 0) is 37.1 Å². The number of urea groups is 1. The summed E-state index contributed by atoms with van der Waals surface area (Å²) in [7, 11) is 1.62. The van der Waals surface area contributed by atoms with Crippen molar-refractivity contribution >= 4 is 17.6 Å². The van der Waals surface area contributed by atoms with Crippen molar-refractivity contribution in [1.29, 1.82) is 0 Å². The number of benzene rings is 1. The van der Waals surface area contributed by atoms with Crippen molar-refractivity contribution in [3.05, 3.63) is 54.5 Å². The van der Waals surface area contributed by atoms with Crippen LogP contribution in [0.3, 0.4) is 0 Å². The normalized spacial score (nSPS) is 14.7. The number of nitrogens with one attached hydrogen (secondary N) is 1. The molecular formula is C21H27N3O4. The summed E-state index contributed by atoms with van der Waals surface area (Å²) < 4.78 is 10.5. The second-order valence-electron chi connectivity index (χ2n) is 6.89. The highest BCUT2D eigenvalue weighted by Crippen LogP contribution is 2.22. The number of carbonyl (C=O) groups excluding carboxylic acids is 2. The quantitative estimate of drug-likeness (QED) is 0.794. The van der Waals surface area contributed by atoms with E-state index < -0.39 is 0 Å². The summed E-state index contributed by atoms with van der Waals surface area (Å²) in [6, 6.07) is 12.9. The molecule has 0 saturated carbocycles. The van der Waals surface area contributed by atoms with Gasteiger partial charge in [0.05, 0.1) is 19.4 Å². The van der Waals surface area contributed by atoms with Crippen molar-refractivity contribution in [3.63, 3.8) is 0 Å². The smallest absolute Gasteiger partial charge is 0.321 e. The summed E-state index contributed by atoms with van der Waals surface area (Å²) in [6.45, 7) is 2.56. The van der Waals surface area contributed by atoms with Crippen molar-refractivity contribution in [2.75, 3.05) is 38.7 Å². The van der Waals surface area contributed by atoms with Crippen LogP contribution in [0.1, 0.15) is 18.6 Å². The number of carbonyl (C=O) groups is 2. The molecule has 0 atom stereocenters. The maximum Gasteiger partial charge on any atom is 0.321 e. The van der Waals surface area contributed by atoms with E-state index in [0.29, 0.717) is 45.6 Å². The van der Waals surface area contributed by atoms with E-state index in [9.17, 15) is 9.59 Å². The van der Waals surface area contributed by atoms with Crippen molar-refractivity contribution in [2.45, 2.75) is 19.4 Å². The standard InChI is InChI=1S/C21H27N3O4/c1-27-15-13-24(16-19-8-5-14-28-19)20(25)17-9-11-23(12-10-17)21(26)22-18-6-3-2-4-7-18/h2-8,14,17H,9-13,15-16H2,1H3,(H,22,26). The Morgan fingerprint density at radius 3 is 2.57 bits per heavy atom. The molecule has 3 amide bonds. The van der Waals surface area contributed by atoms with Crippen LogP contribution in [-0.4, -0.2) is 55.1 Å². The lowest BCUT2D eigenvalue weighted by Gasteiger charge is -2.34. The Labute approximate surface area is 165 Å². The van der Waals surface area contributed by atoms with Crippen molar-refractivity contribution in [2.24, 2.45) is 5.92 Å². The van der Waals surface area contributed by atoms with Crippen LogP contribution < -0.4 is 5.32 Å². The summed E-state index contributed by atoms with van der Waals surface area (Å²) >= 11 is 0. The third-order valence-corrected chi connectivity index (χ3v) is 4.96. The molecule has 7 heteroatoms. The van der Waals surface area contributed by atoms with Gasteiger partial charge in [0.1, 0.15) is 5.76 Å². The average molecular weight is 385 g/mol. The monoisotopic (exact) mass is 385 g/mol. The largest absolute Gasteiger partial charge is 0.467 e. The number of piperidine rings is 1. The second kappa shape index (κ2) is 9.94. The summed E-state index contributed by atoms with van der Waals surface area (Å²) in [5.41, 5.74) is 0.773. The SMILES string of the molecule is COCCN(Cc1ccco1)C(=O)C1CCN(C(=O)Nc2ccccc2)CC1. The second-order valence-corrected chi connectivity index (χ2v) is 6.89. The van der Waals surface area contributed by atoms with E-state index in [1.807, 2.05) is 42.5 Å². The molecule has 1 saturated heterocycles. The molecule has 28 heavy (non-hydrogen) atoms. The van der Waals surface area contributed by atoms with E-state index in [1.54, 1.807) is 23.2 Å². The molecule has 1 aromatic carbocycles. The molecule has 1 fully saturated rings. The number of nitrogens with zero attached hydrogens (tertiary/aromatic N) is 2. The maximum atomic E-state index is 13.0. The highest BCUT2D eigenvalue weighted by molar-refractivity contribution is 5.89. The Balaban J connectivity index is 1.53. The third kappa shape index (κ3) is 5.36. The first-order chi connectivity index (χ1) is 13.7. The molecule has 2 aromatic rings. The minimum Gasteiger partial charge on any atom is -0.467 e.